The molecule has 1 aliphatic heterocycles. The van der Waals surface area contributed by atoms with Crippen LogP contribution in [-0.2, 0) is 18.3 Å². The van der Waals surface area contributed by atoms with Crippen molar-refractivity contribution in [3.05, 3.63) is 16.3 Å². The molecule has 1 aromatic heterocycles. The monoisotopic (exact) mass is 379 g/mol. The number of carbonyl (C=O) groups is 1. The molecule has 2 fully saturated rings. The quantitative estimate of drug-likeness (QED) is 0.573. The molecule has 8 nitrogen and oxygen atoms in total. The standard InChI is InChI=1S/C19H33N5O3/c1-23-16(21-22-18(23)26)8-11-20-14-19(27)10-5-12-24(17(19)25)13-9-15-6-3-2-4-7-15/h15,20,27H,2-14H2,1H3,(H,22,26). The van der Waals surface area contributed by atoms with Crippen molar-refractivity contribution in [2.24, 2.45) is 13.0 Å². The first kappa shape index (κ1) is 20.1. The smallest absolute Gasteiger partial charge is 0.343 e. The number of aromatic amines is 1. The predicted molar refractivity (Wildman–Crippen MR) is 102 cm³/mol. The van der Waals surface area contributed by atoms with E-state index in [-0.39, 0.29) is 18.1 Å². The van der Waals surface area contributed by atoms with E-state index in [2.05, 4.69) is 15.5 Å². The van der Waals surface area contributed by atoms with Crippen LogP contribution in [0.25, 0.3) is 0 Å². The summed E-state index contributed by atoms with van der Waals surface area (Å²) in [6, 6.07) is 0. The van der Waals surface area contributed by atoms with Crippen molar-refractivity contribution in [2.75, 3.05) is 26.2 Å². The zero-order valence-electron chi connectivity index (χ0n) is 16.4. The minimum atomic E-state index is -1.32. The van der Waals surface area contributed by atoms with E-state index >= 15 is 0 Å². The van der Waals surface area contributed by atoms with Gasteiger partial charge in [-0.2, -0.15) is 5.10 Å². The van der Waals surface area contributed by atoms with Crippen LogP contribution in [0.5, 0.6) is 0 Å². The summed E-state index contributed by atoms with van der Waals surface area (Å²) in [6.45, 7) is 2.31. The topological polar surface area (TPSA) is 103 Å². The van der Waals surface area contributed by atoms with Gasteiger partial charge in [0.1, 0.15) is 5.82 Å². The van der Waals surface area contributed by atoms with Gasteiger partial charge in [0.25, 0.3) is 5.91 Å². The van der Waals surface area contributed by atoms with Gasteiger partial charge in [0.2, 0.25) is 0 Å². The number of carbonyl (C=O) groups excluding carboxylic acids is 1. The average Bonchev–Trinajstić information content (AvgIpc) is 2.99. The molecule has 2 heterocycles. The predicted octanol–water partition coefficient (Wildman–Crippen LogP) is 0.564. The maximum absolute atomic E-state index is 12.8. The number of aromatic nitrogens is 3. The molecule has 0 aromatic carbocycles. The normalized spacial score (nSPS) is 24.5. The fourth-order valence-electron chi connectivity index (χ4n) is 4.36. The minimum Gasteiger partial charge on any atom is -0.379 e. The summed E-state index contributed by atoms with van der Waals surface area (Å²) in [7, 11) is 1.67. The number of rotatable bonds is 8. The molecule has 0 radical (unpaired) electrons. The van der Waals surface area contributed by atoms with Crippen LogP contribution in [0.2, 0.25) is 0 Å². The molecule has 1 unspecified atom stereocenters. The molecule has 2 aliphatic rings. The van der Waals surface area contributed by atoms with Crippen molar-refractivity contribution in [3.63, 3.8) is 0 Å². The Kier molecular flexibility index (Phi) is 6.70. The third-order valence-electron chi connectivity index (χ3n) is 6.15. The highest BCUT2D eigenvalue weighted by Gasteiger charge is 2.41. The molecule has 1 saturated heterocycles. The maximum atomic E-state index is 12.8. The first-order valence-electron chi connectivity index (χ1n) is 10.3. The van der Waals surface area contributed by atoms with E-state index in [1.807, 2.05) is 4.90 Å². The van der Waals surface area contributed by atoms with E-state index in [0.29, 0.717) is 25.2 Å². The average molecular weight is 380 g/mol. The van der Waals surface area contributed by atoms with Crippen molar-refractivity contribution in [3.8, 4) is 0 Å². The van der Waals surface area contributed by atoms with Crippen LogP contribution in [0, 0.1) is 5.92 Å². The van der Waals surface area contributed by atoms with Crippen LogP contribution in [-0.4, -0.2) is 62.5 Å². The van der Waals surface area contributed by atoms with E-state index in [1.165, 1.54) is 36.7 Å². The molecule has 1 aromatic rings. The number of nitrogens with one attached hydrogen (secondary N) is 2. The van der Waals surface area contributed by atoms with Crippen LogP contribution in [0.15, 0.2) is 4.79 Å². The first-order valence-corrected chi connectivity index (χ1v) is 10.3. The molecule has 27 heavy (non-hydrogen) atoms. The lowest BCUT2D eigenvalue weighted by Crippen LogP contribution is -2.58. The van der Waals surface area contributed by atoms with E-state index in [9.17, 15) is 14.7 Å². The molecule has 1 amide bonds. The lowest BCUT2D eigenvalue weighted by molar-refractivity contribution is -0.156. The summed E-state index contributed by atoms with van der Waals surface area (Å²) in [4.78, 5) is 26.0. The van der Waals surface area contributed by atoms with Gasteiger partial charge in [0.15, 0.2) is 5.60 Å². The molecule has 152 valence electrons. The van der Waals surface area contributed by atoms with Gasteiger partial charge >= 0.3 is 5.69 Å². The molecule has 0 bridgehead atoms. The Bertz CT molecular complexity index is 679. The summed E-state index contributed by atoms with van der Waals surface area (Å²) in [6.07, 6.45) is 9.49. The van der Waals surface area contributed by atoms with Crippen LogP contribution in [0.3, 0.4) is 0 Å². The van der Waals surface area contributed by atoms with E-state index in [0.717, 1.165) is 31.8 Å². The number of likely N-dealkylation sites (tertiary alicyclic amines) is 1. The molecule has 0 spiro atoms. The molecular formula is C19H33N5O3. The highest BCUT2D eigenvalue weighted by atomic mass is 16.3. The number of H-pyrrole nitrogens is 1. The molecular weight excluding hydrogens is 346 g/mol. The van der Waals surface area contributed by atoms with Crippen LogP contribution < -0.4 is 11.0 Å². The van der Waals surface area contributed by atoms with E-state index < -0.39 is 5.60 Å². The van der Waals surface area contributed by atoms with Gasteiger partial charge in [-0.1, -0.05) is 32.1 Å². The number of hydrogen-bond acceptors (Lipinski definition) is 5. The largest absolute Gasteiger partial charge is 0.379 e. The Morgan fingerprint density at radius 3 is 2.74 bits per heavy atom. The van der Waals surface area contributed by atoms with Gasteiger partial charge in [-0.25, -0.2) is 9.89 Å². The first-order chi connectivity index (χ1) is 13.0. The Balaban J connectivity index is 1.44. The maximum Gasteiger partial charge on any atom is 0.343 e. The zero-order valence-corrected chi connectivity index (χ0v) is 16.4. The van der Waals surface area contributed by atoms with Crippen molar-refractivity contribution in [1.82, 2.24) is 25.0 Å². The van der Waals surface area contributed by atoms with Gasteiger partial charge < -0.3 is 15.3 Å². The summed E-state index contributed by atoms with van der Waals surface area (Å²) < 4.78 is 1.47. The number of amides is 1. The lowest BCUT2D eigenvalue weighted by Gasteiger charge is -2.39. The van der Waals surface area contributed by atoms with Gasteiger partial charge in [0, 0.05) is 39.6 Å². The third kappa shape index (κ3) is 4.99. The lowest BCUT2D eigenvalue weighted by atomic mass is 9.86. The van der Waals surface area contributed by atoms with Crippen molar-refractivity contribution < 1.29 is 9.90 Å². The van der Waals surface area contributed by atoms with Gasteiger partial charge in [0.05, 0.1) is 0 Å². The fourth-order valence-corrected chi connectivity index (χ4v) is 4.36. The highest BCUT2D eigenvalue weighted by molar-refractivity contribution is 5.86. The van der Waals surface area contributed by atoms with Gasteiger partial charge in [-0.15, -0.1) is 0 Å². The fraction of sp³-hybridized carbons (Fsp3) is 0.842. The number of piperidine rings is 1. The molecule has 1 saturated carbocycles. The van der Waals surface area contributed by atoms with Crippen molar-refractivity contribution in [2.45, 2.75) is 63.4 Å². The molecule has 1 atom stereocenters. The Morgan fingerprint density at radius 2 is 2.04 bits per heavy atom. The second-order valence-electron chi connectivity index (χ2n) is 8.15. The number of hydrogen-bond donors (Lipinski definition) is 3. The van der Waals surface area contributed by atoms with Gasteiger partial charge in [-0.05, 0) is 25.2 Å². The second kappa shape index (κ2) is 9.01. The van der Waals surface area contributed by atoms with Crippen molar-refractivity contribution in [1.29, 1.82) is 0 Å². The van der Waals surface area contributed by atoms with Crippen LogP contribution >= 0.6 is 0 Å². The van der Waals surface area contributed by atoms with Gasteiger partial charge in [-0.3, -0.25) is 9.36 Å². The van der Waals surface area contributed by atoms with Crippen LogP contribution in [0.1, 0.15) is 57.2 Å². The summed E-state index contributed by atoms with van der Waals surface area (Å²) >= 11 is 0. The molecule has 1 aliphatic carbocycles. The molecule has 3 rings (SSSR count). The summed E-state index contributed by atoms with van der Waals surface area (Å²) in [5.74, 6) is 1.26. The Labute approximate surface area is 160 Å². The second-order valence-corrected chi connectivity index (χ2v) is 8.15. The number of nitrogens with zero attached hydrogens (tertiary/aromatic N) is 3. The SMILES string of the molecule is Cn1c(CCNCC2(O)CCCN(CCC3CCCCC3)C2=O)n[nH]c1=O. The summed E-state index contributed by atoms with van der Waals surface area (Å²) in [5, 5.41) is 20.4. The highest BCUT2D eigenvalue weighted by Crippen LogP contribution is 2.28. The molecule has 8 heteroatoms. The molecule has 3 N–H and O–H groups in total. The Hall–Kier alpha value is -1.67. The van der Waals surface area contributed by atoms with Crippen LogP contribution in [0.4, 0.5) is 0 Å². The number of aliphatic hydroxyl groups is 1. The third-order valence-corrected chi connectivity index (χ3v) is 6.15. The van der Waals surface area contributed by atoms with E-state index in [1.54, 1.807) is 7.05 Å². The Morgan fingerprint density at radius 1 is 1.26 bits per heavy atom. The van der Waals surface area contributed by atoms with E-state index in [4.69, 9.17) is 0 Å². The summed E-state index contributed by atoms with van der Waals surface area (Å²) in [5.41, 5.74) is -1.55. The van der Waals surface area contributed by atoms with Crippen molar-refractivity contribution >= 4 is 5.91 Å². The minimum absolute atomic E-state index is 0.135. The zero-order chi connectivity index (χ0) is 19.3.